The average molecular weight is 259 g/mol. The van der Waals surface area contributed by atoms with Gasteiger partial charge in [-0.1, -0.05) is 5.92 Å². The number of methoxy groups -OCH3 is 1. The first-order chi connectivity index (χ1) is 9.28. The molecule has 19 heavy (non-hydrogen) atoms. The summed E-state index contributed by atoms with van der Waals surface area (Å²) in [4.78, 5) is 21.3. The summed E-state index contributed by atoms with van der Waals surface area (Å²) in [6.07, 6.45) is 6.55. The number of rotatable bonds is 2. The molecule has 0 unspecified atom stereocenters. The lowest BCUT2D eigenvalue weighted by Gasteiger charge is -2.20. The second kappa shape index (κ2) is 5.06. The highest BCUT2D eigenvalue weighted by Crippen LogP contribution is 2.31. The van der Waals surface area contributed by atoms with Gasteiger partial charge < -0.3 is 14.6 Å². The van der Waals surface area contributed by atoms with E-state index in [4.69, 9.17) is 4.74 Å². The fourth-order valence-electron chi connectivity index (χ4n) is 2.37. The van der Waals surface area contributed by atoms with Crippen LogP contribution in [-0.4, -0.2) is 40.5 Å². The molecular weight excluding hydrogens is 242 g/mol. The number of likely N-dealkylation sites (tertiary alicyclic amines) is 1. The highest BCUT2D eigenvalue weighted by Gasteiger charge is 2.37. The fourth-order valence-corrected chi connectivity index (χ4v) is 2.37. The lowest BCUT2D eigenvalue weighted by atomic mass is 10.2. The third-order valence-corrected chi connectivity index (χ3v) is 3.65. The van der Waals surface area contributed by atoms with Crippen LogP contribution < -0.4 is 0 Å². The number of hydrogen-bond donors (Lipinski definition) is 1. The topological polar surface area (TPSA) is 58.2 Å². The predicted octanol–water partition coefficient (Wildman–Crippen LogP) is 1.11. The van der Waals surface area contributed by atoms with Crippen LogP contribution in [-0.2, 0) is 9.53 Å². The first kappa shape index (κ1) is 12.2. The van der Waals surface area contributed by atoms with Crippen molar-refractivity contribution in [2.45, 2.75) is 31.4 Å². The Morgan fingerprint density at radius 3 is 3.05 bits per heavy atom. The van der Waals surface area contributed by atoms with Gasteiger partial charge in [0, 0.05) is 38.4 Å². The zero-order valence-corrected chi connectivity index (χ0v) is 10.9. The van der Waals surface area contributed by atoms with E-state index < -0.39 is 0 Å². The molecule has 2 fully saturated rings. The molecule has 1 saturated heterocycles. The minimum absolute atomic E-state index is 0.0547. The van der Waals surface area contributed by atoms with Crippen LogP contribution in [0.3, 0.4) is 0 Å². The Morgan fingerprint density at radius 2 is 2.42 bits per heavy atom. The first-order valence-corrected chi connectivity index (χ1v) is 6.62. The maximum absolute atomic E-state index is 12.2. The van der Waals surface area contributed by atoms with Crippen LogP contribution in [0, 0.1) is 17.8 Å². The molecule has 1 aromatic rings. The lowest BCUT2D eigenvalue weighted by Crippen LogP contribution is -2.31. The normalized spacial score (nSPS) is 26.1. The van der Waals surface area contributed by atoms with Crippen molar-refractivity contribution < 1.29 is 9.53 Å². The smallest absolute Gasteiger partial charge is 0.299 e. The number of amides is 1. The average Bonchev–Trinajstić information content (AvgIpc) is 2.94. The molecule has 2 aliphatic rings. The monoisotopic (exact) mass is 259 g/mol. The molecule has 5 heteroatoms. The van der Waals surface area contributed by atoms with Crippen molar-refractivity contribution in [3.8, 4) is 11.8 Å². The fraction of sp³-hybridized carbons (Fsp3) is 0.571. The molecule has 0 bridgehead atoms. The molecule has 1 amide bonds. The zero-order valence-electron chi connectivity index (χ0n) is 10.9. The van der Waals surface area contributed by atoms with Gasteiger partial charge in [-0.3, -0.25) is 4.79 Å². The molecule has 2 heterocycles. The summed E-state index contributed by atoms with van der Waals surface area (Å²) >= 11 is 0. The van der Waals surface area contributed by atoms with Crippen molar-refractivity contribution in [1.29, 1.82) is 0 Å². The van der Waals surface area contributed by atoms with Crippen LogP contribution in [0.4, 0.5) is 0 Å². The van der Waals surface area contributed by atoms with E-state index in [1.165, 1.54) is 0 Å². The van der Waals surface area contributed by atoms with Gasteiger partial charge in [0.2, 0.25) is 0 Å². The van der Waals surface area contributed by atoms with Crippen LogP contribution in [0.25, 0.3) is 0 Å². The number of imidazole rings is 1. The van der Waals surface area contributed by atoms with Gasteiger partial charge in [0.05, 0.1) is 12.1 Å². The summed E-state index contributed by atoms with van der Waals surface area (Å²) in [6.45, 7) is 0.583. The molecule has 1 N–H and O–H groups in total. The highest BCUT2D eigenvalue weighted by atomic mass is 16.5. The van der Waals surface area contributed by atoms with Crippen molar-refractivity contribution in [3.63, 3.8) is 0 Å². The largest absolute Gasteiger partial charge is 0.380 e. The van der Waals surface area contributed by atoms with E-state index >= 15 is 0 Å². The van der Waals surface area contributed by atoms with E-state index in [0.29, 0.717) is 12.5 Å². The van der Waals surface area contributed by atoms with Crippen molar-refractivity contribution in [3.05, 3.63) is 18.2 Å². The van der Waals surface area contributed by atoms with Crippen LogP contribution in [0.15, 0.2) is 12.4 Å². The number of aromatic nitrogens is 2. The summed E-state index contributed by atoms with van der Waals surface area (Å²) in [5.41, 5.74) is 0. The summed E-state index contributed by atoms with van der Waals surface area (Å²) in [7, 11) is 1.67. The number of nitrogens with zero attached hydrogens (tertiary/aromatic N) is 2. The number of carbonyl (C=O) groups is 1. The molecule has 3 rings (SSSR count). The second-order valence-corrected chi connectivity index (χ2v) is 5.08. The molecule has 2 atom stereocenters. The van der Waals surface area contributed by atoms with Crippen molar-refractivity contribution >= 4 is 5.91 Å². The molecule has 1 saturated carbocycles. The van der Waals surface area contributed by atoms with Gasteiger partial charge in [-0.15, -0.1) is 0 Å². The van der Waals surface area contributed by atoms with Gasteiger partial charge in [0.15, 0.2) is 0 Å². The summed E-state index contributed by atoms with van der Waals surface area (Å²) in [5.74, 6) is 6.91. The first-order valence-electron chi connectivity index (χ1n) is 6.62. The second-order valence-electron chi connectivity index (χ2n) is 5.08. The van der Waals surface area contributed by atoms with E-state index in [1.807, 2.05) is 0 Å². The number of H-pyrrole nitrogens is 1. The van der Waals surface area contributed by atoms with E-state index in [-0.39, 0.29) is 18.1 Å². The van der Waals surface area contributed by atoms with Gasteiger partial charge >= 0.3 is 0 Å². The standard InChI is InChI=1S/C14H17N3O2/c1-19-11-8-12(14-15-6-7-16-14)17(9-11)13(18)5-4-10-2-3-10/h6-7,10-12H,2-3,8-9H2,1H3,(H,15,16)/t11-,12+/m1/s1. The minimum atomic E-state index is -0.118. The van der Waals surface area contributed by atoms with Gasteiger partial charge in [-0.25, -0.2) is 4.98 Å². The Bertz CT molecular complexity index is 511. The van der Waals surface area contributed by atoms with Crippen molar-refractivity contribution in [1.82, 2.24) is 14.9 Å². The van der Waals surface area contributed by atoms with Crippen LogP contribution >= 0.6 is 0 Å². The van der Waals surface area contributed by atoms with Crippen LogP contribution in [0.5, 0.6) is 0 Å². The number of hydrogen-bond acceptors (Lipinski definition) is 3. The summed E-state index contributed by atoms with van der Waals surface area (Å²) in [5, 5.41) is 0. The van der Waals surface area contributed by atoms with Gasteiger partial charge in [-0.05, 0) is 18.8 Å². The zero-order chi connectivity index (χ0) is 13.2. The maximum Gasteiger partial charge on any atom is 0.299 e. The molecule has 0 radical (unpaired) electrons. The molecule has 1 aromatic heterocycles. The molecule has 100 valence electrons. The minimum Gasteiger partial charge on any atom is -0.380 e. The summed E-state index contributed by atoms with van der Waals surface area (Å²) < 4.78 is 5.37. The van der Waals surface area contributed by atoms with E-state index in [2.05, 4.69) is 21.8 Å². The number of nitrogens with one attached hydrogen (secondary N) is 1. The van der Waals surface area contributed by atoms with Gasteiger partial charge in [-0.2, -0.15) is 0 Å². The van der Waals surface area contributed by atoms with Gasteiger partial charge in [0.1, 0.15) is 5.82 Å². The van der Waals surface area contributed by atoms with Crippen LogP contribution in [0.2, 0.25) is 0 Å². The predicted molar refractivity (Wildman–Crippen MR) is 69.0 cm³/mol. The summed E-state index contributed by atoms with van der Waals surface area (Å²) in [6, 6.07) is -0.0547. The Balaban J connectivity index is 1.77. The van der Waals surface area contributed by atoms with E-state index in [0.717, 1.165) is 25.1 Å². The Morgan fingerprint density at radius 1 is 1.58 bits per heavy atom. The molecule has 5 nitrogen and oxygen atoms in total. The molecule has 0 aromatic carbocycles. The third-order valence-electron chi connectivity index (χ3n) is 3.65. The third kappa shape index (κ3) is 2.64. The number of carbonyl (C=O) groups excluding carboxylic acids is 1. The van der Waals surface area contributed by atoms with Gasteiger partial charge in [0.25, 0.3) is 5.91 Å². The van der Waals surface area contributed by atoms with E-state index in [9.17, 15) is 4.79 Å². The lowest BCUT2D eigenvalue weighted by molar-refractivity contribution is -0.126. The quantitative estimate of drug-likeness (QED) is 0.809. The Hall–Kier alpha value is -1.80. The number of aromatic amines is 1. The number of ether oxygens (including phenoxy) is 1. The van der Waals surface area contributed by atoms with E-state index in [1.54, 1.807) is 24.4 Å². The molecular formula is C14H17N3O2. The SMILES string of the molecule is CO[C@@H]1C[C@@H](c2ncc[nH]2)N(C(=O)C#CC2CC2)C1. The Labute approximate surface area is 112 Å². The van der Waals surface area contributed by atoms with Crippen LogP contribution in [0.1, 0.15) is 31.1 Å². The van der Waals surface area contributed by atoms with Crippen molar-refractivity contribution in [2.75, 3.05) is 13.7 Å². The maximum atomic E-state index is 12.2. The Kier molecular flexibility index (Phi) is 3.26. The molecule has 1 aliphatic carbocycles. The van der Waals surface area contributed by atoms with Crippen molar-refractivity contribution in [2.24, 2.45) is 5.92 Å². The highest BCUT2D eigenvalue weighted by molar-refractivity contribution is 5.94. The molecule has 0 spiro atoms. The molecule has 1 aliphatic heterocycles.